The monoisotopic (exact) mass is 394 g/mol. The van der Waals surface area contributed by atoms with Crippen LogP contribution in [0.5, 0.6) is 0 Å². The van der Waals surface area contributed by atoms with Crippen molar-refractivity contribution in [2.24, 2.45) is 23.7 Å². The second-order valence-electron chi connectivity index (χ2n) is 11.0. The standard InChI is InChI=1S/C28H47B/c1-6-23-15-8-9-17-24(18-12-16-23)28(5,7-2)29-27-22(4)25-19-10-13-21(3)14-11-20-26(25)27/h6,14,23-26,29H,1,7-13,15-20H2,2-5H3/b21-14+. The fourth-order valence-electron chi connectivity index (χ4n) is 6.89. The van der Waals surface area contributed by atoms with Crippen LogP contribution in [-0.4, -0.2) is 7.28 Å². The van der Waals surface area contributed by atoms with Gasteiger partial charge in [-0.3, -0.25) is 0 Å². The summed E-state index contributed by atoms with van der Waals surface area (Å²) in [5, 5.41) is 0.500. The normalized spacial score (nSPS) is 35.7. The van der Waals surface area contributed by atoms with Gasteiger partial charge in [0.2, 0.25) is 0 Å². The van der Waals surface area contributed by atoms with E-state index < -0.39 is 0 Å². The van der Waals surface area contributed by atoms with E-state index in [0.717, 1.165) is 23.7 Å². The van der Waals surface area contributed by atoms with Crippen molar-refractivity contribution >= 4 is 7.28 Å². The zero-order valence-corrected chi connectivity index (χ0v) is 20.1. The summed E-state index contributed by atoms with van der Waals surface area (Å²) in [5.41, 5.74) is 5.31. The van der Waals surface area contributed by atoms with Gasteiger partial charge in [0.15, 0.2) is 7.28 Å². The third kappa shape index (κ3) is 5.51. The lowest BCUT2D eigenvalue weighted by molar-refractivity contribution is 0.300. The van der Waals surface area contributed by atoms with Crippen molar-refractivity contribution in [3.8, 4) is 0 Å². The Morgan fingerprint density at radius 3 is 2.48 bits per heavy atom. The minimum absolute atomic E-state index is 0.500. The average molecular weight is 394 g/mol. The molecule has 0 N–H and O–H groups in total. The molecule has 0 radical (unpaired) electrons. The highest BCUT2D eigenvalue weighted by Gasteiger charge is 2.42. The van der Waals surface area contributed by atoms with Crippen LogP contribution in [-0.2, 0) is 0 Å². The predicted molar refractivity (Wildman–Crippen MR) is 132 cm³/mol. The average Bonchev–Trinajstić information content (AvgIpc) is 2.90. The Bertz CT molecular complexity index is 612. The Labute approximate surface area is 182 Å². The molecule has 0 aliphatic heterocycles. The van der Waals surface area contributed by atoms with Crippen LogP contribution in [0.3, 0.4) is 0 Å². The Balaban J connectivity index is 1.70. The van der Waals surface area contributed by atoms with Crippen molar-refractivity contribution < 1.29 is 0 Å². The Morgan fingerprint density at radius 2 is 1.72 bits per heavy atom. The third-order valence-electron chi connectivity index (χ3n) is 9.28. The first-order valence-corrected chi connectivity index (χ1v) is 13.0. The van der Waals surface area contributed by atoms with Gasteiger partial charge in [-0.05, 0) is 87.8 Å². The molecule has 0 bridgehead atoms. The molecular weight excluding hydrogens is 347 g/mol. The molecule has 0 aromatic rings. The summed E-state index contributed by atoms with van der Waals surface area (Å²) >= 11 is 0. The molecule has 5 unspecified atom stereocenters. The van der Waals surface area contributed by atoms with Gasteiger partial charge in [0.05, 0.1) is 0 Å². The van der Waals surface area contributed by atoms with Crippen molar-refractivity contribution in [3.05, 3.63) is 35.3 Å². The Kier molecular flexibility index (Phi) is 8.35. The van der Waals surface area contributed by atoms with E-state index in [4.69, 9.17) is 0 Å². The van der Waals surface area contributed by atoms with E-state index in [9.17, 15) is 0 Å². The number of allylic oxidation sites excluding steroid dienone is 5. The molecule has 0 aromatic heterocycles. The van der Waals surface area contributed by atoms with E-state index in [1.807, 2.05) is 5.47 Å². The smallest absolute Gasteiger partial charge is 0.103 e. The van der Waals surface area contributed by atoms with Gasteiger partial charge in [0.1, 0.15) is 0 Å². The second kappa shape index (κ2) is 10.5. The maximum Gasteiger partial charge on any atom is 0.159 e. The maximum absolute atomic E-state index is 4.09. The van der Waals surface area contributed by atoms with Crippen LogP contribution in [0, 0.1) is 23.7 Å². The van der Waals surface area contributed by atoms with Crippen molar-refractivity contribution in [2.45, 2.75) is 116 Å². The molecule has 5 atom stereocenters. The van der Waals surface area contributed by atoms with Gasteiger partial charge in [0, 0.05) is 0 Å². The quantitative estimate of drug-likeness (QED) is 0.323. The van der Waals surface area contributed by atoms with E-state index in [2.05, 4.69) is 46.4 Å². The van der Waals surface area contributed by atoms with Crippen LogP contribution in [0.4, 0.5) is 0 Å². The lowest BCUT2D eigenvalue weighted by atomic mass is 9.36. The predicted octanol–water partition coefficient (Wildman–Crippen LogP) is 8.60. The zero-order chi connectivity index (χ0) is 20.9. The molecule has 1 heteroatoms. The fraction of sp³-hybridized carbons (Fsp3) is 0.786. The van der Waals surface area contributed by atoms with Crippen LogP contribution in [0.1, 0.15) is 111 Å². The van der Waals surface area contributed by atoms with Crippen molar-refractivity contribution in [1.29, 1.82) is 0 Å². The van der Waals surface area contributed by atoms with Crippen LogP contribution in [0.2, 0.25) is 5.31 Å². The highest BCUT2D eigenvalue weighted by atomic mass is 14.4. The highest BCUT2D eigenvalue weighted by molar-refractivity contribution is 6.50. The minimum atomic E-state index is 0.500. The molecule has 0 amide bonds. The molecule has 1 fully saturated rings. The number of hydrogen-bond acceptors (Lipinski definition) is 0. The van der Waals surface area contributed by atoms with Crippen LogP contribution < -0.4 is 0 Å². The van der Waals surface area contributed by atoms with Gasteiger partial charge < -0.3 is 0 Å². The molecule has 1 saturated carbocycles. The topological polar surface area (TPSA) is 0 Å². The summed E-state index contributed by atoms with van der Waals surface area (Å²) in [6.45, 7) is 14.0. The Hall–Kier alpha value is -0.715. The summed E-state index contributed by atoms with van der Waals surface area (Å²) in [5.74, 6) is 3.48. The summed E-state index contributed by atoms with van der Waals surface area (Å²) < 4.78 is 0. The van der Waals surface area contributed by atoms with Gasteiger partial charge in [-0.15, -0.1) is 12.1 Å². The van der Waals surface area contributed by atoms with Crippen molar-refractivity contribution in [2.75, 3.05) is 0 Å². The third-order valence-corrected chi connectivity index (χ3v) is 9.28. The van der Waals surface area contributed by atoms with Crippen LogP contribution in [0.15, 0.2) is 35.3 Å². The molecule has 29 heavy (non-hydrogen) atoms. The molecule has 0 saturated heterocycles. The largest absolute Gasteiger partial charge is 0.159 e. The summed E-state index contributed by atoms with van der Waals surface area (Å²) in [7, 11) is 1.38. The zero-order valence-electron chi connectivity index (χ0n) is 20.1. The fourth-order valence-corrected chi connectivity index (χ4v) is 6.89. The number of fused-ring (bicyclic) bond motifs is 1. The number of rotatable bonds is 5. The van der Waals surface area contributed by atoms with Crippen LogP contribution >= 0.6 is 0 Å². The first-order valence-electron chi connectivity index (χ1n) is 13.0. The van der Waals surface area contributed by atoms with Gasteiger partial charge >= 0.3 is 0 Å². The van der Waals surface area contributed by atoms with Gasteiger partial charge in [-0.25, -0.2) is 0 Å². The lowest BCUT2D eigenvalue weighted by Crippen LogP contribution is -2.38. The molecular formula is C28H47B. The molecule has 0 aromatic carbocycles. The van der Waals surface area contributed by atoms with E-state index in [-0.39, 0.29) is 0 Å². The molecule has 0 heterocycles. The molecule has 3 aliphatic rings. The first kappa shape index (κ1) is 23.0. The van der Waals surface area contributed by atoms with Crippen molar-refractivity contribution in [3.63, 3.8) is 0 Å². The molecule has 3 rings (SSSR count). The van der Waals surface area contributed by atoms with Gasteiger partial charge in [0.25, 0.3) is 0 Å². The van der Waals surface area contributed by atoms with Gasteiger partial charge in [-0.2, -0.15) is 0 Å². The highest BCUT2D eigenvalue weighted by Crippen LogP contribution is 2.53. The maximum atomic E-state index is 4.09. The lowest BCUT2D eigenvalue weighted by Gasteiger charge is -2.47. The van der Waals surface area contributed by atoms with Crippen LogP contribution in [0.25, 0.3) is 0 Å². The van der Waals surface area contributed by atoms with Gasteiger partial charge in [-0.1, -0.05) is 75.7 Å². The summed E-state index contributed by atoms with van der Waals surface area (Å²) in [4.78, 5) is 0. The van der Waals surface area contributed by atoms with Crippen molar-refractivity contribution in [1.82, 2.24) is 0 Å². The van der Waals surface area contributed by atoms with E-state index >= 15 is 0 Å². The SMILES string of the molecule is C=CC1CCCCC(C(C)(BC2=C(C)C3CCC/C(C)=C/CCC23)CC)CCC1. The first-order chi connectivity index (χ1) is 14.0. The van der Waals surface area contributed by atoms with E-state index in [1.54, 1.807) is 11.1 Å². The minimum Gasteiger partial charge on any atom is -0.103 e. The summed E-state index contributed by atoms with van der Waals surface area (Å²) in [6, 6.07) is 0. The Morgan fingerprint density at radius 1 is 1.00 bits per heavy atom. The van der Waals surface area contributed by atoms with E-state index in [0.29, 0.717) is 5.31 Å². The number of hydrogen-bond donors (Lipinski definition) is 0. The van der Waals surface area contributed by atoms with E-state index in [1.165, 1.54) is 90.8 Å². The second-order valence-corrected chi connectivity index (χ2v) is 11.0. The summed E-state index contributed by atoms with van der Waals surface area (Å²) in [6.07, 6.45) is 22.9. The molecule has 162 valence electrons. The molecule has 0 nitrogen and oxygen atoms in total. The molecule has 0 spiro atoms. The molecule has 3 aliphatic carbocycles.